The van der Waals surface area contributed by atoms with E-state index in [0.717, 1.165) is 0 Å². The van der Waals surface area contributed by atoms with Crippen molar-refractivity contribution < 1.29 is 18.3 Å². The van der Waals surface area contributed by atoms with E-state index in [0.29, 0.717) is 13.0 Å². The first-order valence-corrected chi connectivity index (χ1v) is 5.30. The predicted molar refractivity (Wildman–Crippen MR) is 55.1 cm³/mol. The highest BCUT2D eigenvalue weighted by atomic mass is 19.3. The number of halogens is 2. The smallest absolute Gasteiger partial charge is 0.422 e. The Bertz CT molecular complexity index is 254. The van der Waals surface area contributed by atoms with E-state index >= 15 is 0 Å². The lowest BCUT2D eigenvalue weighted by molar-refractivity contribution is 0.0323. The number of amides is 1. The van der Waals surface area contributed by atoms with Crippen LogP contribution in [0.1, 0.15) is 27.2 Å². The van der Waals surface area contributed by atoms with Crippen LogP contribution in [0.15, 0.2) is 0 Å². The molecule has 0 aromatic rings. The summed E-state index contributed by atoms with van der Waals surface area (Å²) in [6, 6.07) is 0. The van der Waals surface area contributed by atoms with Gasteiger partial charge in [0.15, 0.2) is 0 Å². The molecule has 94 valence electrons. The Hall–Kier alpha value is -0.910. The fourth-order valence-corrected chi connectivity index (χ4v) is 1.52. The molecular formula is C10H18F2N2O2. The highest BCUT2D eigenvalue weighted by Gasteiger charge is 2.31. The summed E-state index contributed by atoms with van der Waals surface area (Å²) in [5.74, 6) is -0.657. The summed E-state index contributed by atoms with van der Waals surface area (Å²) in [6.07, 6.45) is -2.53. The van der Waals surface area contributed by atoms with E-state index in [2.05, 4.69) is 5.43 Å². The molecule has 1 heterocycles. The van der Waals surface area contributed by atoms with Crippen molar-refractivity contribution in [1.82, 2.24) is 10.4 Å². The Kier molecular flexibility index (Phi) is 4.07. The van der Waals surface area contributed by atoms with Crippen molar-refractivity contribution in [2.45, 2.75) is 39.2 Å². The Morgan fingerprint density at radius 2 is 2.12 bits per heavy atom. The summed E-state index contributed by atoms with van der Waals surface area (Å²) in [5.41, 5.74) is 1.88. The molecule has 1 unspecified atom stereocenters. The summed E-state index contributed by atoms with van der Waals surface area (Å²) >= 11 is 0. The SMILES string of the molecule is CC(C)(C)OC(=O)NN1CCC(C(F)F)C1. The molecule has 0 spiro atoms. The van der Waals surface area contributed by atoms with Crippen molar-refractivity contribution in [1.29, 1.82) is 0 Å². The Labute approximate surface area is 93.9 Å². The van der Waals surface area contributed by atoms with E-state index in [4.69, 9.17) is 4.74 Å². The van der Waals surface area contributed by atoms with Gasteiger partial charge in [0, 0.05) is 19.0 Å². The fraction of sp³-hybridized carbons (Fsp3) is 0.900. The van der Waals surface area contributed by atoms with Gasteiger partial charge in [-0.05, 0) is 27.2 Å². The van der Waals surface area contributed by atoms with Crippen LogP contribution in [0.5, 0.6) is 0 Å². The molecule has 1 N–H and O–H groups in total. The topological polar surface area (TPSA) is 41.6 Å². The van der Waals surface area contributed by atoms with Gasteiger partial charge >= 0.3 is 6.09 Å². The predicted octanol–water partition coefficient (Wildman–Crippen LogP) is 2.01. The minimum absolute atomic E-state index is 0.177. The van der Waals surface area contributed by atoms with Crippen molar-refractivity contribution in [3.8, 4) is 0 Å². The zero-order valence-electron chi connectivity index (χ0n) is 9.80. The molecule has 1 atom stereocenters. The molecule has 0 saturated carbocycles. The van der Waals surface area contributed by atoms with Crippen molar-refractivity contribution >= 4 is 6.09 Å². The van der Waals surface area contributed by atoms with E-state index in [-0.39, 0.29) is 6.54 Å². The molecule has 1 aliphatic heterocycles. The number of nitrogens with zero attached hydrogens (tertiary/aromatic N) is 1. The van der Waals surface area contributed by atoms with Gasteiger partial charge in [0.25, 0.3) is 0 Å². The number of carbonyl (C=O) groups is 1. The van der Waals surface area contributed by atoms with Gasteiger partial charge in [0.1, 0.15) is 5.60 Å². The van der Waals surface area contributed by atoms with E-state index in [1.807, 2.05) is 0 Å². The lowest BCUT2D eigenvalue weighted by Gasteiger charge is -2.23. The number of carbonyl (C=O) groups excluding carboxylic acids is 1. The first-order valence-electron chi connectivity index (χ1n) is 5.30. The van der Waals surface area contributed by atoms with Crippen LogP contribution in [0.25, 0.3) is 0 Å². The van der Waals surface area contributed by atoms with Crippen LogP contribution in [0.3, 0.4) is 0 Å². The number of hydrazine groups is 1. The molecule has 6 heteroatoms. The summed E-state index contributed by atoms with van der Waals surface area (Å²) in [5, 5.41) is 1.48. The van der Waals surface area contributed by atoms with Crippen LogP contribution in [-0.4, -0.2) is 36.2 Å². The van der Waals surface area contributed by atoms with Gasteiger partial charge in [-0.1, -0.05) is 0 Å². The lowest BCUT2D eigenvalue weighted by Crippen LogP contribution is -2.43. The molecule has 1 aliphatic rings. The highest BCUT2D eigenvalue weighted by molar-refractivity contribution is 5.67. The number of alkyl halides is 2. The van der Waals surface area contributed by atoms with Crippen LogP contribution in [0, 0.1) is 5.92 Å². The summed E-state index contributed by atoms with van der Waals surface area (Å²) in [6.45, 7) is 5.86. The second kappa shape index (κ2) is 4.95. The maximum atomic E-state index is 12.4. The van der Waals surface area contributed by atoms with E-state index in [9.17, 15) is 13.6 Å². The van der Waals surface area contributed by atoms with Crippen LogP contribution in [0.4, 0.5) is 13.6 Å². The molecule has 1 rings (SSSR count). The molecule has 4 nitrogen and oxygen atoms in total. The van der Waals surface area contributed by atoms with Crippen LogP contribution in [0.2, 0.25) is 0 Å². The molecule has 0 aromatic carbocycles. The van der Waals surface area contributed by atoms with E-state index in [1.165, 1.54) is 5.01 Å². The van der Waals surface area contributed by atoms with Gasteiger partial charge in [-0.3, -0.25) is 5.43 Å². The Morgan fingerprint density at radius 3 is 2.56 bits per heavy atom. The van der Waals surface area contributed by atoms with E-state index < -0.39 is 24.0 Å². The average molecular weight is 236 g/mol. The quantitative estimate of drug-likeness (QED) is 0.797. The van der Waals surface area contributed by atoms with Gasteiger partial charge in [0.05, 0.1) is 0 Å². The van der Waals surface area contributed by atoms with Crippen molar-refractivity contribution in [3.63, 3.8) is 0 Å². The average Bonchev–Trinajstić information content (AvgIpc) is 2.48. The monoisotopic (exact) mass is 236 g/mol. The number of rotatable bonds is 2. The van der Waals surface area contributed by atoms with E-state index in [1.54, 1.807) is 20.8 Å². The molecule has 1 amide bonds. The lowest BCUT2D eigenvalue weighted by atomic mass is 10.1. The highest BCUT2D eigenvalue weighted by Crippen LogP contribution is 2.21. The first kappa shape index (κ1) is 13.2. The number of nitrogens with one attached hydrogen (secondary N) is 1. The van der Waals surface area contributed by atoms with Gasteiger partial charge in [-0.2, -0.15) is 0 Å². The number of hydrogen-bond donors (Lipinski definition) is 1. The molecule has 1 saturated heterocycles. The molecule has 0 radical (unpaired) electrons. The van der Waals surface area contributed by atoms with Crippen LogP contribution >= 0.6 is 0 Å². The fourth-order valence-electron chi connectivity index (χ4n) is 1.52. The summed E-state index contributed by atoms with van der Waals surface area (Å²) in [4.78, 5) is 11.3. The zero-order chi connectivity index (χ0) is 12.3. The summed E-state index contributed by atoms with van der Waals surface area (Å²) in [7, 11) is 0. The third kappa shape index (κ3) is 4.30. The standard InChI is InChI=1S/C10H18F2N2O2/c1-10(2,3)16-9(15)13-14-5-4-7(6-14)8(11)12/h7-8H,4-6H2,1-3H3,(H,13,15). The van der Waals surface area contributed by atoms with Crippen molar-refractivity contribution in [2.24, 2.45) is 5.92 Å². The Morgan fingerprint density at radius 1 is 1.50 bits per heavy atom. The second-order valence-electron chi connectivity index (χ2n) is 4.94. The molecular weight excluding hydrogens is 218 g/mol. The third-order valence-corrected chi connectivity index (χ3v) is 2.23. The Balaban J connectivity index is 2.32. The van der Waals surface area contributed by atoms with Gasteiger partial charge in [-0.25, -0.2) is 18.6 Å². The zero-order valence-corrected chi connectivity index (χ0v) is 9.80. The van der Waals surface area contributed by atoms with Crippen molar-refractivity contribution in [3.05, 3.63) is 0 Å². The third-order valence-electron chi connectivity index (χ3n) is 2.23. The van der Waals surface area contributed by atoms with Crippen molar-refractivity contribution in [2.75, 3.05) is 13.1 Å². The molecule has 0 aliphatic carbocycles. The molecule has 1 fully saturated rings. The van der Waals surface area contributed by atoms with Crippen LogP contribution < -0.4 is 5.43 Å². The molecule has 16 heavy (non-hydrogen) atoms. The largest absolute Gasteiger partial charge is 0.443 e. The van der Waals surface area contributed by atoms with Gasteiger partial charge in [-0.15, -0.1) is 0 Å². The first-order chi connectivity index (χ1) is 7.28. The van der Waals surface area contributed by atoms with Crippen LogP contribution in [-0.2, 0) is 4.74 Å². The number of hydrogen-bond acceptors (Lipinski definition) is 3. The van der Waals surface area contributed by atoms with Gasteiger partial charge < -0.3 is 4.74 Å². The van der Waals surface area contributed by atoms with Gasteiger partial charge in [0.2, 0.25) is 6.43 Å². The number of ether oxygens (including phenoxy) is 1. The maximum Gasteiger partial charge on any atom is 0.422 e. The summed E-state index contributed by atoms with van der Waals surface area (Å²) < 4.78 is 29.7. The minimum atomic E-state index is -2.33. The molecule has 0 aromatic heterocycles. The molecule has 0 bridgehead atoms. The normalized spacial score (nSPS) is 22.5. The minimum Gasteiger partial charge on any atom is -0.443 e. The second-order valence-corrected chi connectivity index (χ2v) is 4.94. The maximum absolute atomic E-state index is 12.4.